The first kappa shape index (κ1) is 13.2. The lowest BCUT2D eigenvalue weighted by Crippen LogP contribution is -1.95. The van der Waals surface area contributed by atoms with Gasteiger partial charge in [-0.1, -0.05) is 35.9 Å². The zero-order valence-electron chi connectivity index (χ0n) is 10.6. The molecule has 3 aromatic rings. The van der Waals surface area contributed by atoms with E-state index in [0.29, 0.717) is 16.3 Å². The molecule has 0 N–H and O–H groups in total. The van der Waals surface area contributed by atoms with Crippen LogP contribution < -0.4 is 0 Å². The number of rotatable bonds is 1. The second-order valence-corrected chi connectivity index (χ2v) is 5.64. The standard InChI is InChI=1S/C15H9BrClN3/c1-18-14-10-6-4-3-5-9(10)7-12(17)13(14)15-11(16)8-19-20(15)2/h3-8H,2H3. The van der Waals surface area contributed by atoms with Gasteiger partial charge in [0.15, 0.2) is 0 Å². The smallest absolute Gasteiger partial charge is 0.205 e. The van der Waals surface area contributed by atoms with Crippen LogP contribution in [0.4, 0.5) is 5.69 Å². The van der Waals surface area contributed by atoms with Gasteiger partial charge in [0, 0.05) is 17.6 Å². The molecule has 0 aliphatic heterocycles. The van der Waals surface area contributed by atoms with Crippen LogP contribution in [-0.2, 0) is 7.05 Å². The summed E-state index contributed by atoms with van der Waals surface area (Å²) < 4.78 is 2.54. The van der Waals surface area contributed by atoms with E-state index in [1.807, 2.05) is 37.4 Å². The van der Waals surface area contributed by atoms with Gasteiger partial charge in [0.1, 0.15) is 0 Å². The van der Waals surface area contributed by atoms with Gasteiger partial charge in [-0.2, -0.15) is 5.10 Å². The topological polar surface area (TPSA) is 22.2 Å². The van der Waals surface area contributed by atoms with Crippen LogP contribution in [0.5, 0.6) is 0 Å². The van der Waals surface area contributed by atoms with Gasteiger partial charge in [0.2, 0.25) is 5.69 Å². The van der Waals surface area contributed by atoms with E-state index in [1.54, 1.807) is 10.9 Å². The minimum atomic E-state index is 0.553. The molecule has 1 heterocycles. The average molecular weight is 347 g/mol. The summed E-state index contributed by atoms with van der Waals surface area (Å²) in [4.78, 5) is 3.70. The largest absolute Gasteiger partial charge is 0.268 e. The third kappa shape index (κ3) is 1.91. The lowest BCUT2D eigenvalue weighted by atomic mass is 10.0. The molecule has 3 rings (SSSR count). The van der Waals surface area contributed by atoms with Gasteiger partial charge in [-0.3, -0.25) is 4.68 Å². The molecular weight excluding hydrogens is 338 g/mol. The summed E-state index contributed by atoms with van der Waals surface area (Å²) in [5, 5.41) is 6.61. The summed E-state index contributed by atoms with van der Waals surface area (Å²) in [6.07, 6.45) is 1.70. The summed E-state index contributed by atoms with van der Waals surface area (Å²) in [6, 6.07) is 9.64. The second-order valence-electron chi connectivity index (χ2n) is 4.38. The van der Waals surface area contributed by atoms with Crippen LogP contribution in [0.1, 0.15) is 0 Å². The maximum Gasteiger partial charge on any atom is 0.205 e. The van der Waals surface area contributed by atoms with E-state index in [0.717, 1.165) is 20.9 Å². The van der Waals surface area contributed by atoms with E-state index < -0.39 is 0 Å². The predicted molar refractivity (Wildman–Crippen MR) is 85.1 cm³/mol. The number of hydrogen-bond donors (Lipinski definition) is 0. The zero-order chi connectivity index (χ0) is 14.3. The first-order valence-corrected chi connectivity index (χ1v) is 7.07. The number of fused-ring (bicyclic) bond motifs is 1. The van der Waals surface area contributed by atoms with Gasteiger partial charge >= 0.3 is 0 Å². The Hall–Kier alpha value is -1.83. The highest BCUT2D eigenvalue weighted by Crippen LogP contribution is 2.44. The second kappa shape index (κ2) is 4.93. The molecule has 98 valence electrons. The number of nitrogens with zero attached hydrogens (tertiary/aromatic N) is 3. The van der Waals surface area contributed by atoms with Gasteiger partial charge in [-0.15, -0.1) is 0 Å². The molecule has 3 nitrogen and oxygen atoms in total. The van der Waals surface area contributed by atoms with E-state index >= 15 is 0 Å². The number of aryl methyl sites for hydroxylation is 1. The van der Waals surface area contributed by atoms with Crippen molar-refractivity contribution in [2.75, 3.05) is 0 Å². The van der Waals surface area contributed by atoms with Gasteiger partial charge in [-0.05, 0) is 32.8 Å². The van der Waals surface area contributed by atoms with Gasteiger partial charge in [0.25, 0.3) is 0 Å². The highest BCUT2D eigenvalue weighted by molar-refractivity contribution is 9.10. The Morgan fingerprint density at radius 2 is 2.10 bits per heavy atom. The van der Waals surface area contributed by atoms with E-state index in [9.17, 15) is 0 Å². The van der Waals surface area contributed by atoms with Crippen LogP contribution in [0.3, 0.4) is 0 Å². The number of halogens is 2. The third-order valence-electron chi connectivity index (χ3n) is 3.22. The van der Waals surface area contributed by atoms with Crippen LogP contribution in [0, 0.1) is 6.57 Å². The first-order valence-electron chi connectivity index (χ1n) is 5.90. The van der Waals surface area contributed by atoms with Crippen LogP contribution >= 0.6 is 27.5 Å². The van der Waals surface area contributed by atoms with Crippen LogP contribution in [0.15, 0.2) is 41.0 Å². The predicted octanol–water partition coefficient (Wildman–Crippen LogP) is 5.21. The fraction of sp³-hybridized carbons (Fsp3) is 0.0667. The highest BCUT2D eigenvalue weighted by Gasteiger charge is 2.19. The lowest BCUT2D eigenvalue weighted by Gasteiger charge is -2.11. The number of benzene rings is 2. The molecule has 2 aromatic carbocycles. The van der Waals surface area contributed by atoms with Crippen LogP contribution in [-0.4, -0.2) is 9.78 Å². The summed E-state index contributed by atoms with van der Waals surface area (Å²) in [5.41, 5.74) is 2.08. The normalized spacial score (nSPS) is 10.7. The van der Waals surface area contributed by atoms with Crippen molar-refractivity contribution in [2.24, 2.45) is 7.05 Å². The van der Waals surface area contributed by atoms with Crippen molar-refractivity contribution in [3.63, 3.8) is 0 Å². The van der Waals surface area contributed by atoms with E-state index in [2.05, 4.69) is 25.9 Å². The molecule has 0 saturated heterocycles. The summed E-state index contributed by atoms with van der Waals surface area (Å²) in [5.74, 6) is 0. The Bertz CT molecular complexity index is 842. The minimum absolute atomic E-state index is 0.553. The molecule has 5 heteroatoms. The van der Waals surface area contributed by atoms with Crippen molar-refractivity contribution < 1.29 is 0 Å². The Kier molecular flexibility index (Phi) is 3.25. The number of hydrogen-bond acceptors (Lipinski definition) is 1. The molecule has 1 aromatic heterocycles. The molecule has 0 amide bonds. The monoisotopic (exact) mass is 345 g/mol. The summed E-state index contributed by atoms with van der Waals surface area (Å²) >= 11 is 9.89. The Labute approximate surface area is 129 Å². The third-order valence-corrected chi connectivity index (χ3v) is 4.09. The van der Waals surface area contributed by atoms with Crippen molar-refractivity contribution in [3.8, 4) is 11.3 Å². The maximum absolute atomic E-state index is 7.53. The van der Waals surface area contributed by atoms with E-state index in [1.165, 1.54) is 0 Å². The molecule has 0 atom stereocenters. The molecule has 0 radical (unpaired) electrons. The summed E-state index contributed by atoms with van der Waals surface area (Å²) in [7, 11) is 1.83. The number of aromatic nitrogens is 2. The molecule has 0 unspecified atom stereocenters. The van der Waals surface area contributed by atoms with Gasteiger partial charge in [-0.25, -0.2) is 4.85 Å². The molecule has 0 bridgehead atoms. The van der Waals surface area contributed by atoms with Gasteiger partial charge in [0.05, 0.1) is 22.9 Å². The van der Waals surface area contributed by atoms with Crippen molar-refractivity contribution in [3.05, 3.63) is 57.4 Å². The lowest BCUT2D eigenvalue weighted by molar-refractivity contribution is 0.776. The van der Waals surface area contributed by atoms with Crippen molar-refractivity contribution in [2.45, 2.75) is 0 Å². The SMILES string of the molecule is [C-]#[N+]c1c(-c2c(Br)cnn2C)c(Cl)cc2ccccc12. The van der Waals surface area contributed by atoms with Crippen LogP contribution in [0.25, 0.3) is 26.9 Å². The van der Waals surface area contributed by atoms with E-state index in [-0.39, 0.29) is 0 Å². The fourth-order valence-corrected chi connectivity index (χ4v) is 3.17. The molecular formula is C15H9BrClN3. The minimum Gasteiger partial charge on any atom is -0.268 e. The van der Waals surface area contributed by atoms with Crippen LogP contribution in [0.2, 0.25) is 5.02 Å². The molecule has 0 aliphatic carbocycles. The Morgan fingerprint density at radius 3 is 2.75 bits per heavy atom. The van der Waals surface area contributed by atoms with E-state index in [4.69, 9.17) is 18.2 Å². The molecule has 0 aliphatic rings. The summed E-state index contributed by atoms with van der Waals surface area (Å²) in [6.45, 7) is 7.53. The maximum atomic E-state index is 7.53. The molecule has 20 heavy (non-hydrogen) atoms. The van der Waals surface area contributed by atoms with Gasteiger partial charge < -0.3 is 0 Å². The van der Waals surface area contributed by atoms with Crippen molar-refractivity contribution in [1.29, 1.82) is 0 Å². The first-order chi connectivity index (χ1) is 9.63. The molecule has 0 spiro atoms. The van der Waals surface area contributed by atoms with Crippen molar-refractivity contribution in [1.82, 2.24) is 9.78 Å². The molecule has 0 fully saturated rings. The highest BCUT2D eigenvalue weighted by atomic mass is 79.9. The zero-order valence-corrected chi connectivity index (χ0v) is 12.9. The Morgan fingerprint density at radius 1 is 1.35 bits per heavy atom. The quantitative estimate of drug-likeness (QED) is 0.555. The molecule has 0 saturated carbocycles. The Balaban J connectivity index is 2.48. The average Bonchev–Trinajstić information content (AvgIpc) is 2.77. The fourth-order valence-electron chi connectivity index (χ4n) is 2.33. The van der Waals surface area contributed by atoms with Crippen molar-refractivity contribution >= 4 is 44.0 Å².